The molecule has 2 aromatic carbocycles. The SMILES string of the molecule is CCc1ccccc1NC(=O)CN(C)C(=O)CNC(=O)c1ccccc1Cl. The predicted molar refractivity (Wildman–Crippen MR) is 106 cm³/mol. The highest BCUT2D eigenvalue weighted by atomic mass is 35.5. The second-order valence-electron chi connectivity index (χ2n) is 5.97. The van der Waals surface area contributed by atoms with Crippen molar-refractivity contribution in [1.29, 1.82) is 0 Å². The van der Waals surface area contributed by atoms with Crippen molar-refractivity contribution < 1.29 is 14.4 Å². The molecule has 0 bridgehead atoms. The number of amides is 3. The van der Waals surface area contributed by atoms with Gasteiger partial charge in [0, 0.05) is 12.7 Å². The van der Waals surface area contributed by atoms with Gasteiger partial charge in [0.15, 0.2) is 0 Å². The molecular formula is C20H22ClN3O3. The van der Waals surface area contributed by atoms with E-state index >= 15 is 0 Å². The molecule has 0 atom stereocenters. The third-order valence-corrected chi connectivity index (χ3v) is 4.33. The summed E-state index contributed by atoms with van der Waals surface area (Å²) >= 11 is 5.96. The van der Waals surface area contributed by atoms with Crippen LogP contribution >= 0.6 is 11.6 Å². The molecule has 0 unspecified atom stereocenters. The van der Waals surface area contributed by atoms with Gasteiger partial charge < -0.3 is 15.5 Å². The first-order chi connectivity index (χ1) is 12.9. The molecule has 27 heavy (non-hydrogen) atoms. The van der Waals surface area contributed by atoms with Gasteiger partial charge in [-0.2, -0.15) is 0 Å². The highest BCUT2D eigenvalue weighted by Gasteiger charge is 2.16. The summed E-state index contributed by atoms with van der Waals surface area (Å²) in [4.78, 5) is 37.7. The summed E-state index contributed by atoms with van der Waals surface area (Å²) in [6.45, 7) is 1.67. The van der Waals surface area contributed by atoms with E-state index in [-0.39, 0.29) is 24.9 Å². The molecule has 3 amide bonds. The Balaban J connectivity index is 1.85. The lowest BCUT2D eigenvalue weighted by Gasteiger charge is -2.18. The van der Waals surface area contributed by atoms with Crippen LogP contribution in [-0.2, 0) is 16.0 Å². The Morgan fingerprint density at radius 3 is 2.41 bits per heavy atom. The number of carbonyl (C=O) groups excluding carboxylic acids is 3. The van der Waals surface area contributed by atoms with Crippen molar-refractivity contribution in [2.75, 3.05) is 25.5 Å². The molecule has 0 saturated carbocycles. The number of benzene rings is 2. The van der Waals surface area contributed by atoms with Gasteiger partial charge in [0.05, 0.1) is 23.7 Å². The number of carbonyl (C=O) groups is 3. The summed E-state index contributed by atoms with van der Waals surface area (Å²) in [7, 11) is 1.51. The van der Waals surface area contributed by atoms with Gasteiger partial charge in [-0.3, -0.25) is 14.4 Å². The average molecular weight is 388 g/mol. The van der Waals surface area contributed by atoms with E-state index in [1.165, 1.54) is 11.9 Å². The first-order valence-electron chi connectivity index (χ1n) is 8.56. The number of halogens is 1. The van der Waals surface area contributed by atoms with E-state index < -0.39 is 5.91 Å². The lowest BCUT2D eigenvalue weighted by molar-refractivity contribution is -0.132. The van der Waals surface area contributed by atoms with Crippen molar-refractivity contribution in [2.45, 2.75) is 13.3 Å². The summed E-state index contributed by atoms with van der Waals surface area (Å²) in [6, 6.07) is 14.1. The van der Waals surface area contributed by atoms with Crippen molar-refractivity contribution in [3.8, 4) is 0 Å². The van der Waals surface area contributed by atoms with E-state index in [4.69, 9.17) is 11.6 Å². The Bertz CT molecular complexity index is 839. The van der Waals surface area contributed by atoms with Crippen LogP contribution in [0.25, 0.3) is 0 Å². The van der Waals surface area contributed by atoms with Crippen molar-refractivity contribution >= 4 is 35.0 Å². The fraction of sp³-hybridized carbons (Fsp3) is 0.250. The highest BCUT2D eigenvalue weighted by molar-refractivity contribution is 6.33. The fourth-order valence-electron chi connectivity index (χ4n) is 2.48. The van der Waals surface area contributed by atoms with Crippen LogP contribution in [0.3, 0.4) is 0 Å². The number of hydrogen-bond donors (Lipinski definition) is 2. The molecule has 0 aliphatic heterocycles. The maximum Gasteiger partial charge on any atom is 0.253 e. The van der Waals surface area contributed by atoms with Crippen molar-refractivity contribution in [3.63, 3.8) is 0 Å². The molecule has 2 rings (SSSR count). The lowest BCUT2D eigenvalue weighted by Crippen LogP contribution is -2.41. The second-order valence-corrected chi connectivity index (χ2v) is 6.38. The molecule has 0 fully saturated rings. The van der Waals surface area contributed by atoms with Crippen LogP contribution in [0.4, 0.5) is 5.69 Å². The van der Waals surface area contributed by atoms with Crippen LogP contribution in [0, 0.1) is 0 Å². The molecule has 6 nitrogen and oxygen atoms in total. The van der Waals surface area contributed by atoms with Gasteiger partial charge in [-0.05, 0) is 30.2 Å². The third kappa shape index (κ3) is 5.82. The topological polar surface area (TPSA) is 78.5 Å². The van der Waals surface area contributed by atoms with Crippen LogP contribution in [0.15, 0.2) is 48.5 Å². The number of para-hydroxylation sites is 1. The molecule has 0 heterocycles. The maximum atomic E-state index is 12.2. The van der Waals surface area contributed by atoms with Gasteiger partial charge >= 0.3 is 0 Å². The third-order valence-electron chi connectivity index (χ3n) is 4.00. The monoisotopic (exact) mass is 387 g/mol. The van der Waals surface area contributed by atoms with Crippen LogP contribution in [-0.4, -0.2) is 42.8 Å². The number of aryl methyl sites for hydroxylation is 1. The van der Waals surface area contributed by atoms with Gasteiger partial charge in [-0.1, -0.05) is 48.9 Å². The van der Waals surface area contributed by atoms with Gasteiger partial charge in [-0.25, -0.2) is 0 Å². The Hall–Kier alpha value is -2.86. The quantitative estimate of drug-likeness (QED) is 0.766. The molecule has 2 N–H and O–H groups in total. The Kier molecular flexibility index (Phi) is 7.37. The van der Waals surface area contributed by atoms with Gasteiger partial charge in [0.25, 0.3) is 5.91 Å². The number of nitrogens with zero attached hydrogens (tertiary/aromatic N) is 1. The molecule has 0 aliphatic rings. The Morgan fingerprint density at radius 1 is 1.04 bits per heavy atom. The van der Waals surface area contributed by atoms with Crippen LogP contribution in [0.5, 0.6) is 0 Å². The van der Waals surface area contributed by atoms with Crippen molar-refractivity contribution in [2.24, 2.45) is 0 Å². The van der Waals surface area contributed by atoms with Crippen LogP contribution in [0.2, 0.25) is 5.02 Å². The smallest absolute Gasteiger partial charge is 0.253 e. The molecule has 142 valence electrons. The van der Waals surface area contributed by atoms with E-state index in [1.54, 1.807) is 24.3 Å². The zero-order valence-corrected chi connectivity index (χ0v) is 16.0. The minimum atomic E-state index is -0.441. The maximum absolute atomic E-state index is 12.2. The number of nitrogens with one attached hydrogen (secondary N) is 2. The molecule has 0 aromatic heterocycles. The largest absolute Gasteiger partial charge is 0.343 e. The lowest BCUT2D eigenvalue weighted by atomic mass is 10.1. The summed E-state index contributed by atoms with van der Waals surface area (Å²) in [6.07, 6.45) is 0.791. The average Bonchev–Trinajstić information content (AvgIpc) is 2.66. The highest BCUT2D eigenvalue weighted by Crippen LogP contribution is 2.15. The van der Waals surface area contributed by atoms with Crippen LogP contribution in [0.1, 0.15) is 22.8 Å². The van der Waals surface area contributed by atoms with Gasteiger partial charge in [0.1, 0.15) is 0 Å². The number of likely N-dealkylation sites (N-methyl/N-ethyl adjacent to an activating group) is 1. The van der Waals surface area contributed by atoms with E-state index in [0.29, 0.717) is 10.6 Å². The Labute approximate surface area is 163 Å². The standard InChI is InChI=1S/C20H22ClN3O3/c1-3-14-8-4-7-11-17(14)23-18(25)13-24(2)19(26)12-22-20(27)15-9-5-6-10-16(15)21/h4-11H,3,12-13H2,1-2H3,(H,22,27)(H,23,25). The summed E-state index contributed by atoms with van der Waals surface area (Å²) in [5.74, 6) is -1.12. The number of rotatable bonds is 7. The van der Waals surface area contributed by atoms with E-state index in [1.807, 2.05) is 31.2 Å². The summed E-state index contributed by atoms with van der Waals surface area (Å²) in [5.41, 5.74) is 2.05. The van der Waals surface area contributed by atoms with Crippen molar-refractivity contribution in [3.05, 3.63) is 64.7 Å². The molecule has 7 heteroatoms. The molecule has 2 aromatic rings. The van der Waals surface area contributed by atoms with Gasteiger partial charge in [0.2, 0.25) is 11.8 Å². The Morgan fingerprint density at radius 2 is 1.70 bits per heavy atom. The summed E-state index contributed by atoms with van der Waals surface area (Å²) < 4.78 is 0. The summed E-state index contributed by atoms with van der Waals surface area (Å²) in [5, 5.41) is 5.63. The minimum absolute atomic E-state index is 0.112. The first kappa shape index (κ1) is 20.5. The number of anilines is 1. The first-order valence-corrected chi connectivity index (χ1v) is 8.94. The predicted octanol–water partition coefficient (Wildman–Crippen LogP) is 2.73. The van der Waals surface area contributed by atoms with E-state index in [0.717, 1.165) is 17.7 Å². The minimum Gasteiger partial charge on any atom is -0.343 e. The molecular weight excluding hydrogens is 366 g/mol. The molecule has 0 saturated heterocycles. The fourth-order valence-corrected chi connectivity index (χ4v) is 2.70. The molecule has 0 radical (unpaired) electrons. The molecule has 0 aliphatic carbocycles. The van der Waals surface area contributed by atoms with Gasteiger partial charge in [-0.15, -0.1) is 0 Å². The van der Waals surface area contributed by atoms with Crippen LogP contribution < -0.4 is 10.6 Å². The normalized spacial score (nSPS) is 10.2. The molecule has 0 spiro atoms. The van der Waals surface area contributed by atoms with E-state index in [9.17, 15) is 14.4 Å². The number of hydrogen-bond acceptors (Lipinski definition) is 3. The zero-order chi connectivity index (χ0) is 19.8. The zero-order valence-electron chi connectivity index (χ0n) is 15.3. The van der Waals surface area contributed by atoms with E-state index in [2.05, 4.69) is 10.6 Å². The van der Waals surface area contributed by atoms with Crippen molar-refractivity contribution in [1.82, 2.24) is 10.2 Å². The second kappa shape index (κ2) is 9.73.